The van der Waals surface area contributed by atoms with Gasteiger partial charge in [0.05, 0.1) is 0 Å². The minimum absolute atomic E-state index is 0.0690. The summed E-state index contributed by atoms with van der Waals surface area (Å²) in [6.07, 6.45) is 1.93. The number of thioether (sulfide) groups is 1. The highest BCUT2D eigenvalue weighted by molar-refractivity contribution is 9.10. The zero-order chi connectivity index (χ0) is 13.8. The number of hydrogen-bond acceptors (Lipinski definition) is 4. The van der Waals surface area contributed by atoms with Crippen molar-refractivity contribution in [2.24, 2.45) is 5.73 Å². The molecule has 0 fully saturated rings. The van der Waals surface area contributed by atoms with E-state index in [0.717, 1.165) is 20.0 Å². The summed E-state index contributed by atoms with van der Waals surface area (Å²) >= 11 is 6.81. The standard InChI is InChI=1S/C14H16BrNOS2/c1-9(16)14(13-7-10(15)8-19-13)17-11-5-3-4-6-12(11)18-2/h3-9,14H,16H2,1-2H3. The van der Waals surface area contributed by atoms with Gasteiger partial charge < -0.3 is 10.5 Å². The first-order chi connectivity index (χ1) is 9.11. The van der Waals surface area contributed by atoms with Crippen LogP contribution in [0.2, 0.25) is 0 Å². The second-order valence-corrected chi connectivity index (χ2v) is 6.92. The first-order valence-corrected chi connectivity index (χ1v) is 8.80. The van der Waals surface area contributed by atoms with E-state index in [0.29, 0.717) is 0 Å². The maximum absolute atomic E-state index is 6.14. The first-order valence-electron chi connectivity index (χ1n) is 5.91. The lowest BCUT2D eigenvalue weighted by atomic mass is 10.1. The van der Waals surface area contributed by atoms with Gasteiger partial charge in [-0.25, -0.2) is 0 Å². The molecule has 0 amide bonds. The molecule has 0 saturated carbocycles. The van der Waals surface area contributed by atoms with Gasteiger partial charge in [0.1, 0.15) is 11.9 Å². The van der Waals surface area contributed by atoms with Crippen molar-refractivity contribution in [2.45, 2.75) is 24.0 Å². The van der Waals surface area contributed by atoms with E-state index in [1.165, 1.54) is 0 Å². The number of benzene rings is 1. The molecule has 102 valence electrons. The van der Waals surface area contributed by atoms with Crippen LogP contribution >= 0.6 is 39.0 Å². The van der Waals surface area contributed by atoms with Crippen molar-refractivity contribution < 1.29 is 4.74 Å². The van der Waals surface area contributed by atoms with E-state index in [4.69, 9.17) is 10.5 Å². The normalized spacial score (nSPS) is 14.1. The fourth-order valence-corrected chi connectivity index (χ4v) is 3.87. The van der Waals surface area contributed by atoms with E-state index in [2.05, 4.69) is 33.4 Å². The zero-order valence-electron chi connectivity index (χ0n) is 10.8. The summed E-state index contributed by atoms with van der Waals surface area (Å²) in [5.41, 5.74) is 6.08. The molecule has 2 rings (SSSR count). The highest BCUT2D eigenvalue weighted by atomic mass is 79.9. The third-order valence-electron chi connectivity index (χ3n) is 2.67. The molecule has 2 aromatic rings. The third kappa shape index (κ3) is 3.75. The van der Waals surface area contributed by atoms with Crippen LogP contribution in [0.1, 0.15) is 17.9 Å². The van der Waals surface area contributed by atoms with Crippen molar-refractivity contribution in [3.8, 4) is 5.75 Å². The summed E-state index contributed by atoms with van der Waals surface area (Å²) in [7, 11) is 0. The molecule has 1 aromatic heterocycles. The van der Waals surface area contributed by atoms with Crippen LogP contribution in [0.15, 0.2) is 45.1 Å². The van der Waals surface area contributed by atoms with E-state index in [1.54, 1.807) is 23.1 Å². The van der Waals surface area contributed by atoms with Crippen LogP contribution < -0.4 is 10.5 Å². The van der Waals surface area contributed by atoms with E-state index >= 15 is 0 Å². The molecule has 0 aliphatic rings. The smallest absolute Gasteiger partial charge is 0.148 e. The van der Waals surface area contributed by atoms with Crippen molar-refractivity contribution in [1.29, 1.82) is 0 Å². The number of thiophene rings is 1. The highest BCUT2D eigenvalue weighted by Gasteiger charge is 2.21. The quantitative estimate of drug-likeness (QED) is 0.787. The molecule has 0 saturated heterocycles. The molecule has 0 aliphatic carbocycles. The molecule has 0 radical (unpaired) electrons. The number of ether oxygens (including phenoxy) is 1. The Morgan fingerprint density at radius 2 is 2.11 bits per heavy atom. The van der Waals surface area contributed by atoms with Crippen molar-refractivity contribution in [2.75, 3.05) is 6.26 Å². The molecule has 1 heterocycles. The Morgan fingerprint density at radius 3 is 2.68 bits per heavy atom. The van der Waals surface area contributed by atoms with Crippen LogP contribution in [0.4, 0.5) is 0 Å². The Morgan fingerprint density at radius 1 is 1.37 bits per heavy atom. The maximum atomic E-state index is 6.14. The van der Waals surface area contributed by atoms with Crippen molar-refractivity contribution in [1.82, 2.24) is 0 Å². The summed E-state index contributed by atoms with van der Waals surface area (Å²) in [5.74, 6) is 0.891. The van der Waals surface area contributed by atoms with Crippen LogP contribution in [-0.4, -0.2) is 12.3 Å². The summed E-state index contributed by atoms with van der Waals surface area (Å²) in [4.78, 5) is 2.27. The van der Waals surface area contributed by atoms with Crippen LogP contribution in [0.25, 0.3) is 0 Å². The van der Waals surface area contributed by atoms with Gasteiger partial charge >= 0.3 is 0 Å². The average molecular weight is 358 g/mol. The number of halogens is 1. The van der Waals surface area contributed by atoms with Gasteiger partial charge in [0, 0.05) is 25.7 Å². The summed E-state index contributed by atoms with van der Waals surface area (Å²) in [6.45, 7) is 1.97. The highest BCUT2D eigenvalue weighted by Crippen LogP contribution is 2.34. The molecule has 19 heavy (non-hydrogen) atoms. The number of nitrogens with two attached hydrogens (primary N) is 1. The summed E-state index contributed by atoms with van der Waals surface area (Å²) in [5, 5.41) is 2.05. The molecule has 2 N–H and O–H groups in total. The van der Waals surface area contributed by atoms with Crippen molar-refractivity contribution in [3.63, 3.8) is 0 Å². The van der Waals surface area contributed by atoms with Gasteiger partial charge in [0.2, 0.25) is 0 Å². The number of rotatable bonds is 5. The number of para-hydroxylation sites is 1. The Kier molecular flexibility index (Phi) is 5.33. The number of hydrogen-bond donors (Lipinski definition) is 1. The first kappa shape index (κ1) is 14.9. The molecule has 0 aliphatic heterocycles. The van der Waals surface area contributed by atoms with Crippen molar-refractivity contribution in [3.05, 3.63) is 45.1 Å². The lowest BCUT2D eigenvalue weighted by molar-refractivity contribution is 0.179. The molecule has 2 nitrogen and oxygen atoms in total. The summed E-state index contributed by atoms with van der Waals surface area (Å²) in [6, 6.07) is 10.0. The second-order valence-electron chi connectivity index (χ2n) is 4.22. The van der Waals surface area contributed by atoms with E-state index in [-0.39, 0.29) is 12.1 Å². The zero-order valence-corrected chi connectivity index (χ0v) is 14.0. The SMILES string of the molecule is CSc1ccccc1OC(c1cc(Br)cs1)C(C)N. The van der Waals surface area contributed by atoms with Gasteiger partial charge in [-0.15, -0.1) is 23.1 Å². The Hall–Kier alpha value is -0.490. The van der Waals surface area contributed by atoms with Gasteiger partial charge in [-0.2, -0.15) is 0 Å². The third-order valence-corrected chi connectivity index (χ3v) is 5.20. The topological polar surface area (TPSA) is 35.2 Å². The van der Waals surface area contributed by atoms with Crippen LogP contribution in [-0.2, 0) is 0 Å². The Labute approximate surface area is 130 Å². The predicted molar refractivity (Wildman–Crippen MR) is 87.3 cm³/mol. The lowest BCUT2D eigenvalue weighted by Gasteiger charge is -2.22. The van der Waals surface area contributed by atoms with E-state index in [9.17, 15) is 0 Å². The average Bonchev–Trinajstić information content (AvgIpc) is 2.82. The molecule has 2 unspecified atom stereocenters. The van der Waals surface area contributed by atoms with E-state index < -0.39 is 0 Å². The maximum Gasteiger partial charge on any atom is 0.148 e. The van der Waals surface area contributed by atoms with Gasteiger partial charge in [0.25, 0.3) is 0 Å². The second kappa shape index (κ2) is 6.79. The largest absolute Gasteiger partial charge is 0.482 e. The Bertz CT molecular complexity index is 542. The van der Waals surface area contributed by atoms with Crippen LogP contribution in [0, 0.1) is 0 Å². The van der Waals surface area contributed by atoms with E-state index in [1.807, 2.05) is 31.4 Å². The molecule has 0 spiro atoms. The van der Waals surface area contributed by atoms with Gasteiger partial charge in [0.15, 0.2) is 0 Å². The molecular weight excluding hydrogens is 342 g/mol. The predicted octanol–water partition coefficient (Wildman–Crippen LogP) is 4.70. The molecule has 0 bridgehead atoms. The molecule has 2 atom stereocenters. The fraction of sp³-hybridized carbons (Fsp3) is 0.286. The molecule has 5 heteroatoms. The lowest BCUT2D eigenvalue weighted by Crippen LogP contribution is -2.28. The van der Waals surface area contributed by atoms with Gasteiger partial charge in [-0.1, -0.05) is 12.1 Å². The minimum Gasteiger partial charge on any atom is -0.482 e. The van der Waals surface area contributed by atoms with Crippen LogP contribution in [0.5, 0.6) is 5.75 Å². The fourth-order valence-electron chi connectivity index (χ4n) is 1.75. The van der Waals surface area contributed by atoms with Gasteiger partial charge in [-0.05, 0) is 47.3 Å². The van der Waals surface area contributed by atoms with Gasteiger partial charge in [-0.3, -0.25) is 0 Å². The Balaban J connectivity index is 2.26. The minimum atomic E-state index is -0.121. The van der Waals surface area contributed by atoms with Crippen LogP contribution in [0.3, 0.4) is 0 Å². The molecule has 1 aromatic carbocycles. The molecular formula is C14H16BrNOS2. The summed E-state index contributed by atoms with van der Waals surface area (Å²) < 4.78 is 7.21. The van der Waals surface area contributed by atoms with Crippen molar-refractivity contribution >= 4 is 39.0 Å². The monoisotopic (exact) mass is 357 g/mol.